The molecule has 1 aromatic heterocycles. The van der Waals surface area contributed by atoms with Crippen molar-refractivity contribution < 1.29 is 13.2 Å². The van der Waals surface area contributed by atoms with Crippen LogP contribution < -0.4 is 9.46 Å². The number of anilines is 1. The first kappa shape index (κ1) is 14.3. The summed E-state index contributed by atoms with van der Waals surface area (Å²) in [5.74, 6) is 0.846. The Morgan fingerprint density at radius 1 is 1.20 bits per heavy atom. The molecule has 0 aliphatic carbocycles. The van der Waals surface area contributed by atoms with E-state index in [4.69, 9.17) is 4.74 Å². The lowest BCUT2D eigenvalue weighted by Gasteiger charge is -2.09. The quantitative estimate of drug-likeness (QED) is 0.886. The van der Waals surface area contributed by atoms with Gasteiger partial charge in [-0.15, -0.1) is 0 Å². The van der Waals surface area contributed by atoms with Crippen LogP contribution in [0.25, 0.3) is 0 Å². The van der Waals surface area contributed by atoms with Crippen LogP contribution in [0, 0.1) is 6.92 Å². The summed E-state index contributed by atoms with van der Waals surface area (Å²) in [5.41, 5.74) is 0.943. The van der Waals surface area contributed by atoms with Gasteiger partial charge in [0.25, 0.3) is 0 Å². The summed E-state index contributed by atoms with van der Waals surface area (Å²) in [5, 5.41) is 0. The predicted molar refractivity (Wildman–Crippen MR) is 78.3 cm³/mol. The molecular formula is C14H16N2O3S. The minimum Gasteiger partial charge on any atom is -0.492 e. The Morgan fingerprint density at radius 3 is 2.65 bits per heavy atom. The summed E-state index contributed by atoms with van der Waals surface area (Å²) in [7, 11) is -3.46. The van der Waals surface area contributed by atoms with Crippen LogP contribution in [0.3, 0.4) is 0 Å². The molecule has 1 N–H and O–H groups in total. The summed E-state index contributed by atoms with van der Waals surface area (Å²) in [6.07, 6.45) is 1.56. The van der Waals surface area contributed by atoms with E-state index in [2.05, 4.69) is 9.71 Å². The number of pyridine rings is 1. The molecule has 2 aromatic rings. The summed E-state index contributed by atoms with van der Waals surface area (Å²) in [4.78, 5) is 3.96. The maximum absolute atomic E-state index is 11.9. The van der Waals surface area contributed by atoms with Gasteiger partial charge in [0.2, 0.25) is 10.0 Å². The van der Waals surface area contributed by atoms with Crippen molar-refractivity contribution in [1.82, 2.24) is 4.98 Å². The molecule has 0 fully saturated rings. The van der Waals surface area contributed by atoms with E-state index in [1.165, 1.54) is 0 Å². The van der Waals surface area contributed by atoms with Crippen molar-refractivity contribution in [2.75, 3.05) is 17.1 Å². The zero-order valence-corrected chi connectivity index (χ0v) is 11.9. The van der Waals surface area contributed by atoms with Crippen LogP contribution in [0.15, 0.2) is 48.7 Å². The normalized spacial score (nSPS) is 11.1. The van der Waals surface area contributed by atoms with Gasteiger partial charge in [-0.3, -0.25) is 4.72 Å². The van der Waals surface area contributed by atoms with Crippen LogP contribution >= 0.6 is 0 Å². The molecule has 0 spiro atoms. The van der Waals surface area contributed by atoms with Crippen molar-refractivity contribution >= 4 is 15.8 Å². The SMILES string of the molecule is Cc1ccnc(NS(=O)(=O)CCOc2ccccc2)c1. The van der Waals surface area contributed by atoms with Crippen LogP contribution in [0.5, 0.6) is 5.75 Å². The number of hydrogen-bond acceptors (Lipinski definition) is 4. The summed E-state index contributed by atoms with van der Waals surface area (Å²) < 4.78 is 31.5. The second-order valence-electron chi connectivity index (χ2n) is 4.30. The predicted octanol–water partition coefficient (Wildman–Crippen LogP) is 2.21. The zero-order valence-electron chi connectivity index (χ0n) is 11.1. The second-order valence-corrected chi connectivity index (χ2v) is 6.14. The highest BCUT2D eigenvalue weighted by Gasteiger charge is 2.11. The van der Waals surface area contributed by atoms with Crippen molar-refractivity contribution in [3.05, 3.63) is 54.2 Å². The number of nitrogens with zero attached hydrogens (tertiary/aromatic N) is 1. The van der Waals surface area contributed by atoms with Crippen LogP contribution in [-0.4, -0.2) is 25.8 Å². The molecule has 6 heteroatoms. The van der Waals surface area contributed by atoms with Gasteiger partial charge in [0.05, 0.1) is 0 Å². The van der Waals surface area contributed by atoms with Gasteiger partial charge < -0.3 is 4.74 Å². The molecule has 0 aliphatic heterocycles. The third-order valence-electron chi connectivity index (χ3n) is 2.54. The lowest BCUT2D eigenvalue weighted by Crippen LogP contribution is -2.21. The first-order chi connectivity index (χ1) is 9.55. The summed E-state index contributed by atoms with van der Waals surface area (Å²) >= 11 is 0. The Kier molecular flexibility index (Phi) is 4.57. The minimum absolute atomic E-state index is 0.0885. The highest BCUT2D eigenvalue weighted by atomic mass is 32.2. The van der Waals surface area contributed by atoms with Crippen molar-refractivity contribution in [3.63, 3.8) is 0 Å². The Morgan fingerprint density at radius 2 is 1.95 bits per heavy atom. The van der Waals surface area contributed by atoms with Gasteiger partial charge in [-0.05, 0) is 36.8 Å². The molecule has 106 valence electrons. The van der Waals surface area contributed by atoms with E-state index in [-0.39, 0.29) is 12.4 Å². The minimum atomic E-state index is -3.46. The molecule has 0 atom stereocenters. The van der Waals surface area contributed by atoms with Gasteiger partial charge >= 0.3 is 0 Å². The Bertz CT molecular complexity index is 657. The second kappa shape index (κ2) is 6.38. The average molecular weight is 292 g/mol. The number of ether oxygens (including phenoxy) is 1. The molecule has 0 amide bonds. The number of aromatic nitrogens is 1. The van der Waals surface area contributed by atoms with E-state index in [0.29, 0.717) is 11.6 Å². The smallest absolute Gasteiger partial charge is 0.237 e. The van der Waals surface area contributed by atoms with Gasteiger partial charge in [0, 0.05) is 6.20 Å². The fourth-order valence-corrected chi connectivity index (χ4v) is 2.42. The first-order valence-corrected chi connectivity index (χ1v) is 7.81. The van der Waals surface area contributed by atoms with E-state index < -0.39 is 10.0 Å². The van der Waals surface area contributed by atoms with Gasteiger partial charge in [0.1, 0.15) is 23.9 Å². The van der Waals surface area contributed by atoms with Crippen molar-refractivity contribution in [2.45, 2.75) is 6.92 Å². The Labute approximate surface area is 118 Å². The standard InChI is InChI=1S/C14H16N2O3S/c1-12-7-8-15-14(11-12)16-20(17,18)10-9-19-13-5-3-2-4-6-13/h2-8,11H,9-10H2,1H3,(H,15,16). The highest BCUT2D eigenvalue weighted by Crippen LogP contribution is 2.10. The zero-order chi connectivity index (χ0) is 14.4. The number of benzene rings is 1. The van der Waals surface area contributed by atoms with E-state index >= 15 is 0 Å². The van der Waals surface area contributed by atoms with Crippen molar-refractivity contribution in [2.24, 2.45) is 0 Å². The molecule has 0 saturated carbocycles. The fraction of sp³-hybridized carbons (Fsp3) is 0.214. The molecule has 5 nitrogen and oxygen atoms in total. The van der Waals surface area contributed by atoms with Gasteiger partial charge in [-0.1, -0.05) is 18.2 Å². The number of nitrogens with one attached hydrogen (secondary N) is 1. The van der Waals surface area contributed by atoms with Gasteiger partial charge in [-0.2, -0.15) is 0 Å². The molecule has 1 heterocycles. The van der Waals surface area contributed by atoms with Crippen molar-refractivity contribution in [3.8, 4) is 5.75 Å². The van der Waals surface area contributed by atoms with Crippen molar-refractivity contribution in [1.29, 1.82) is 0 Å². The molecule has 0 radical (unpaired) electrons. The van der Waals surface area contributed by atoms with Crippen LogP contribution in [-0.2, 0) is 10.0 Å². The maximum Gasteiger partial charge on any atom is 0.237 e. The summed E-state index contributed by atoms with van der Waals surface area (Å²) in [6.45, 7) is 1.96. The first-order valence-electron chi connectivity index (χ1n) is 6.16. The molecule has 0 saturated heterocycles. The number of para-hydroxylation sites is 1. The van der Waals surface area contributed by atoms with E-state index in [1.54, 1.807) is 30.5 Å². The molecule has 0 aliphatic rings. The third kappa shape index (κ3) is 4.55. The number of rotatable bonds is 6. The van der Waals surface area contributed by atoms with Crippen LogP contribution in [0.4, 0.5) is 5.82 Å². The Balaban J connectivity index is 1.88. The van der Waals surface area contributed by atoms with E-state index in [0.717, 1.165) is 5.56 Å². The van der Waals surface area contributed by atoms with E-state index in [1.807, 2.05) is 25.1 Å². The van der Waals surface area contributed by atoms with Gasteiger partial charge in [-0.25, -0.2) is 13.4 Å². The summed E-state index contributed by atoms with van der Waals surface area (Å²) in [6, 6.07) is 12.6. The third-order valence-corrected chi connectivity index (χ3v) is 3.76. The van der Waals surface area contributed by atoms with Gasteiger partial charge in [0.15, 0.2) is 0 Å². The number of sulfonamides is 1. The lowest BCUT2D eigenvalue weighted by molar-refractivity contribution is 0.341. The molecule has 20 heavy (non-hydrogen) atoms. The molecule has 2 rings (SSSR count). The molecule has 0 unspecified atom stereocenters. The van der Waals surface area contributed by atoms with E-state index in [9.17, 15) is 8.42 Å². The number of hydrogen-bond donors (Lipinski definition) is 1. The highest BCUT2D eigenvalue weighted by molar-refractivity contribution is 7.92. The largest absolute Gasteiger partial charge is 0.492 e. The topological polar surface area (TPSA) is 68.3 Å². The molecular weight excluding hydrogens is 276 g/mol. The van der Waals surface area contributed by atoms with Crippen LogP contribution in [0.2, 0.25) is 0 Å². The average Bonchev–Trinajstić information content (AvgIpc) is 2.39. The Hall–Kier alpha value is -2.08. The maximum atomic E-state index is 11.9. The number of aryl methyl sites for hydroxylation is 1. The molecule has 1 aromatic carbocycles. The van der Waals surface area contributed by atoms with Crippen LogP contribution in [0.1, 0.15) is 5.56 Å². The lowest BCUT2D eigenvalue weighted by atomic mass is 10.3. The monoisotopic (exact) mass is 292 g/mol. The molecule has 0 bridgehead atoms. The fourth-order valence-electron chi connectivity index (χ4n) is 1.59.